The molecule has 24 heavy (non-hydrogen) atoms. The summed E-state index contributed by atoms with van der Waals surface area (Å²) in [6.07, 6.45) is 3.62. The second-order valence-electron chi connectivity index (χ2n) is 7.07. The van der Waals surface area contributed by atoms with E-state index < -0.39 is 0 Å². The van der Waals surface area contributed by atoms with E-state index in [-0.39, 0.29) is 0 Å². The fourth-order valence-electron chi connectivity index (χ4n) is 4.94. The minimum absolute atomic E-state index is 0.343. The minimum atomic E-state index is 0.343. The van der Waals surface area contributed by atoms with Crippen LogP contribution >= 0.6 is 0 Å². The molecule has 2 N–H and O–H groups in total. The maximum absolute atomic E-state index is 5.89. The van der Waals surface area contributed by atoms with Crippen molar-refractivity contribution in [1.29, 1.82) is 0 Å². The molecule has 1 saturated carbocycles. The lowest BCUT2D eigenvalue weighted by atomic mass is 9.66. The highest BCUT2D eigenvalue weighted by Gasteiger charge is 2.48. The molecule has 2 aromatic carbocycles. The van der Waals surface area contributed by atoms with Crippen LogP contribution in [0.3, 0.4) is 0 Å². The third-order valence-corrected chi connectivity index (χ3v) is 5.86. The van der Waals surface area contributed by atoms with Crippen LogP contribution in [0.1, 0.15) is 42.5 Å². The zero-order chi connectivity index (χ0) is 16.5. The second kappa shape index (κ2) is 6.40. The van der Waals surface area contributed by atoms with Crippen LogP contribution in [0.15, 0.2) is 65.8 Å². The van der Waals surface area contributed by atoms with E-state index in [1.54, 1.807) is 0 Å². The molecule has 2 bridgehead atoms. The van der Waals surface area contributed by atoms with Crippen molar-refractivity contribution in [2.75, 3.05) is 7.05 Å². The molecule has 2 fully saturated rings. The lowest BCUT2D eigenvalue weighted by molar-refractivity contribution is 0.0669. The molecule has 0 amide bonds. The maximum atomic E-state index is 5.89. The number of hydrazone groups is 1. The van der Waals surface area contributed by atoms with Gasteiger partial charge in [-0.25, -0.2) is 0 Å². The summed E-state index contributed by atoms with van der Waals surface area (Å²) in [6.45, 7) is 0. The fourth-order valence-corrected chi connectivity index (χ4v) is 4.94. The van der Waals surface area contributed by atoms with E-state index in [1.807, 2.05) is 0 Å². The first-order chi connectivity index (χ1) is 11.8. The summed E-state index contributed by atoms with van der Waals surface area (Å²) in [4.78, 5) is 2.56. The Kier molecular flexibility index (Phi) is 4.11. The molecule has 4 rings (SSSR count). The quantitative estimate of drug-likeness (QED) is 0.667. The predicted molar refractivity (Wildman–Crippen MR) is 98.6 cm³/mol. The molecule has 0 unspecified atom stereocenters. The van der Waals surface area contributed by atoms with Gasteiger partial charge in [0, 0.05) is 29.6 Å². The summed E-state index contributed by atoms with van der Waals surface area (Å²) in [7, 11) is 2.27. The summed E-state index contributed by atoms with van der Waals surface area (Å²) < 4.78 is 0. The lowest BCUT2D eigenvalue weighted by Gasteiger charge is -2.52. The average Bonchev–Trinajstić information content (AvgIpc) is 2.63. The van der Waals surface area contributed by atoms with Crippen LogP contribution in [0.5, 0.6) is 0 Å². The van der Waals surface area contributed by atoms with E-state index >= 15 is 0 Å². The van der Waals surface area contributed by atoms with Crippen LogP contribution < -0.4 is 5.84 Å². The minimum Gasteiger partial charge on any atom is -0.323 e. The molecule has 1 saturated heterocycles. The summed E-state index contributed by atoms with van der Waals surface area (Å²) in [5, 5.41) is 4.31. The van der Waals surface area contributed by atoms with Crippen LogP contribution in [0.2, 0.25) is 0 Å². The van der Waals surface area contributed by atoms with Gasteiger partial charge in [0.25, 0.3) is 0 Å². The summed E-state index contributed by atoms with van der Waals surface area (Å²) in [6, 6.07) is 22.4. The maximum Gasteiger partial charge on any atom is 0.0475 e. The molecular weight excluding hydrogens is 294 g/mol. The van der Waals surface area contributed by atoms with Crippen LogP contribution in [-0.2, 0) is 0 Å². The number of hydrogen-bond acceptors (Lipinski definition) is 3. The third kappa shape index (κ3) is 2.44. The number of nitrogens with two attached hydrogens (primary N) is 1. The number of rotatable bonds is 2. The molecule has 1 heterocycles. The van der Waals surface area contributed by atoms with Gasteiger partial charge in [-0.15, -0.1) is 0 Å². The van der Waals surface area contributed by atoms with Crippen molar-refractivity contribution in [3.8, 4) is 0 Å². The Morgan fingerprint density at radius 2 is 1.29 bits per heavy atom. The van der Waals surface area contributed by atoms with E-state index in [2.05, 4.69) is 77.7 Å². The van der Waals surface area contributed by atoms with E-state index in [0.717, 1.165) is 0 Å². The van der Waals surface area contributed by atoms with Crippen molar-refractivity contribution in [2.24, 2.45) is 22.8 Å². The molecule has 1 aliphatic carbocycles. The van der Waals surface area contributed by atoms with Gasteiger partial charge in [-0.2, -0.15) is 5.10 Å². The van der Waals surface area contributed by atoms with Crippen LogP contribution in [0, 0.1) is 11.8 Å². The number of hydrogen-bond donors (Lipinski definition) is 1. The smallest absolute Gasteiger partial charge is 0.0475 e. The highest BCUT2D eigenvalue weighted by Crippen LogP contribution is 2.51. The second-order valence-corrected chi connectivity index (χ2v) is 7.07. The number of likely N-dealkylation sites (tertiary alicyclic amines) is 1. The van der Waals surface area contributed by atoms with Gasteiger partial charge in [0.15, 0.2) is 0 Å². The first kappa shape index (κ1) is 15.4. The molecule has 0 spiro atoms. The van der Waals surface area contributed by atoms with Gasteiger partial charge in [-0.3, -0.25) is 4.90 Å². The summed E-state index contributed by atoms with van der Waals surface area (Å²) in [5.74, 6) is 6.75. The zero-order valence-electron chi connectivity index (χ0n) is 14.2. The van der Waals surface area contributed by atoms with Crippen molar-refractivity contribution in [3.63, 3.8) is 0 Å². The topological polar surface area (TPSA) is 41.6 Å². The van der Waals surface area contributed by atoms with Crippen molar-refractivity contribution in [2.45, 2.75) is 31.3 Å². The van der Waals surface area contributed by atoms with Gasteiger partial charge in [-0.1, -0.05) is 67.1 Å². The average molecular weight is 319 g/mol. The highest BCUT2D eigenvalue weighted by atomic mass is 15.2. The molecule has 3 nitrogen and oxygen atoms in total. The Labute approximate surface area is 144 Å². The van der Waals surface area contributed by atoms with Crippen molar-refractivity contribution < 1.29 is 0 Å². The summed E-state index contributed by atoms with van der Waals surface area (Å²) in [5.41, 5.74) is 3.96. The SMILES string of the molecule is CN1[C@H](c2ccccc2)[C@@H]2CCC[C@H](C2=NN)[C@@H]1c1ccccc1. The molecular formula is C21H25N3. The lowest BCUT2D eigenvalue weighted by Crippen LogP contribution is -2.51. The molecule has 0 radical (unpaired) electrons. The fraction of sp³-hybridized carbons (Fsp3) is 0.381. The van der Waals surface area contributed by atoms with Gasteiger partial charge < -0.3 is 5.84 Å². The van der Waals surface area contributed by atoms with Gasteiger partial charge in [0.2, 0.25) is 0 Å². The number of nitrogens with zero attached hydrogens (tertiary/aromatic N) is 2. The van der Waals surface area contributed by atoms with E-state index in [4.69, 9.17) is 5.84 Å². The van der Waals surface area contributed by atoms with Crippen molar-refractivity contribution >= 4 is 5.71 Å². The first-order valence-electron chi connectivity index (χ1n) is 8.90. The number of benzene rings is 2. The van der Waals surface area contributed by atoms with Gasteiger partial charge in [0.1, 0.15) is 0 Å². The number of fused-ring (bicyclic) bond motifs is 2. The van der Waals surface area contributed by atoms with E-state index in [1.165, 1.54) is 36.1 Å². The summed E-state index contributed by atoms with van der Waals surface area (Å²) >= 11 is 0. The van der Waals surface area contributed by atoms with Crippen LogP contribution in [0.4, 0.5) is 0 Å². The monoisotopic (exact) mass is 319 g/mol. The standard InChI is InChI=1S/C21H25N3/c1-24-20(15-9-4-2-5-10-15)17-13-8-14-18(19(17)23-22)21(24)16-11-6-3-7-12-16/h2-7,9-12,17-18,20-21H,8,13-14,22H2,1H3/t17-,18-,20-,21+/m1/s1. The Hall–Kier alpha value is -2.13. The Morgan fingerprint density at radius 1 is 0.833 bits per heavy atom. The largest absolute Gasteiger partial charge is 0.323 e. The van der Waals surface area contributed by atoms with Crippen molar-refractivity contribution in [1.82, 2.24) is 4.90 Å². The molecule has 1 aliphatic heterocycles. The van der Waals surface area contributed by atoms with Gasteiger partial charge in [0.05, 0.1) is 0 Å². The predicted octanol–water partition coefficient (Wildman–Crippen LogP) is 4.15. The number of piperidine rings is 1. The van der Waals surface area contributed by atoms with E-state index in [9.17, 15) is 0 Å². The molecule has 4 atom stereocenters. The Morgan fingerprint density at radius 3 is 1.71 bits per heavy atom. The van der Waals surface area contributed by atoms with Gasteiger partial charge >= 0.3 is 0 Å². The van der Waals surface area contributed by atoms with Crippen LogP contribution in [-0.4, -0.2) is 17.7 Å². The van der Waals surface area contributed by atoms with Crippen molar-refractivity contribution in [3.05, 3.63) is 71.8 Å². The molecule has 2 aliphatic rings. The molecule has 2 aromatic rings. The highest BCUT2D eigenvalue weighted by molar-refractivity contribution is 5.91. The first-order valence-corrected chi connectivity index (χ1v) is 8.90. The Balaban J connectivity index is 1.83. The zero-order valence-corrected chi connectivity index (χ0v) is 14.2. The van der Waals surface area contributed by atoms with Gasteiger partial charge in [-0.05, 0) is 31.0 Å². The van der Waals surface area contributed by atoms with E-state index in [0.29, 0.717) is 23.9 Å². The molecule has 3 heteroatoms. The molecule has 124 valence electrons. The van der Waals surface area contributed by atoms with Crippen LogP contribution in [0.25, 0.3) is 0 Å². The molecule has 0 aromatic heterocycles. The normalized spacial score (nSPS) is 32.0. The Bertz CT molecular complexity index is 653. The third-order valence-electron chi connectivity index (χ3n) is 5.86.